The summed E-state index contributed by atoms with van der Waals surface area (Å²) in [6.07, 6.45) is 0. The summed E-state index contributed by atoms with van der Waals surface area (Å²) in [4.78, 5) is 22.2. The van der Waals surface area contributed by atoms with Crippen LogP contribution >= 0.6 is 11.6 Å². The van der Waals surface area contributed by atoms with Crippen molar-refractivity contribution in [3.8, 4) is 0 Å². The van der Waals surface area contributed by atoms with Crippen molar-refractivity contribution in [2.75, 3.05) is 0 Å². The van der Waals surface area contributed by atoms with Crippen LogP contribution in [0.3, 0.4) is 0 Å². The number of benzene rings is 1. The molecule has 1 N–H and O–H groups in total. The minimum absolute atomic E-state index is 0.0749. The van der Waals surface area contributed by atoms with Crippen molar-refractivity contribution in [1.82, 2.24) is 5.32 Å². The molecule has 2 rings (SSSR count). The molecule has 110 valence electrons. The smallest absolute Gasteiger partial charge is 0.287 e. The summed E-state index contributed by atoms with van der Waals surface area (Å²) in [7, 11) is 0. The number of amides is 1. The average molecular weight is 309 g/mol. The SMILES string of the molecule is Cc1ccc(C(C)NC(=O)c2ccc([N+](=O)[O-])c(Cl)c2)o1. The zero-order chi connectivity index (χ0) is 15.6. The Kier molecular flexibility index (Phi) is 4.28. The first-order chi connectivity index (χ1) is 9.88. The van der Waals surface area contributed by atoms with E-state index in [-0.39, 0.29) is 28.2 Å². The number of carbonyl (C=O) groups excluding carboxylic acids is 1. The molecule has 2 aromatic rings. The zero-order valence-corrected chi connectivity index (χ0v) is 12.2. The number of hydrogen-bond acceptors (Lipinski definition) is 4. The van der Waals surface area contributed by atoms with Gasteiger partial charge in [-0.2, -0.15) is 0 Å². The van der Waals surface area contributed by atoms with Crippen LogP contribution in [0.5, 0.6) is 0 Å². The summed E-state index contributed by atoms with van der Waals surface area (Å²) in [6.45, 7) is 3.59. The van der Waals surface area contributed by atoms with Crippen molar-refractivity contribution in [2.24, 2.45) is 0 Å². The van der Waals surface area contributed by atoms with Crippen LogP contribution in [0.25, 0.3) is 0 Å². The Morgan fingerprint density at radius 3 is 2.62 bits per heavy atom. The molecule has 0 aliphatic heterocycles. The highest BCUT2D eigenvalue weighted by Gasteiger charge is 2.18. The van der Waals surface area contributed by atoms with Gasteiger partial charge in [0.2, 0.25) is 0 Å². The van der Waals surface area contributed by atoms with Crippen LogP contribution in [-0.2, 0) is 0 Å². The summed E-state index contributed by atoms with van der Waals surface area (Å²) in [5.74, 6) is 1.01. The standard InChI is InChI=1S/C14H13ClN2O4/c1-8-3-6-13(21-8)9(2)16-14(18)10-4-5-12(17(19)20)11(15)7-10/h3-7,9H,1-2H3,(H,16,18). The number of aryl methyl sites for hydroxylation is 1. The van der Waals surface area contributed by atoms with Gasteiger partial charge in [0, 0.05) is 11.6 Å². The fourth-order valence-electron chi connectivity index (χ4n) is 1.83. The minimum atomic E-state index is -0.599. The van der Waals surface area contributed by atoms with Gasteiger partial charge in [0.1, 0.15) is 16.5 Å². The van der Waals surface area contributed by atoms with Crippen molar-refractivity contribution >= 4 is 23.2 Å². The Morgan fingerprint density at radius 1 is 1.38 bits per heavy atom. The van der Waals surface area contributed by atoms with Crippen LogP contribution in [0.15, 0.2) is 34.7 Å². The molecule has 1 aromatic carbocycles. The first-order valence-electron chi connectivity index (χ1n) is 6.19. The van der Waals surface area contributed by atoms with Gasteiger partial charge in [0.05, 0.1) is 11.0 Å². The lowest BCUT2D eigenvalue weighted by Gasteiger charge is -2.11. The lowest BCUT2D eigenvalue weighted by molar-refractivity contribution is -0.384. The maximum atomic E-state index is 12.1. The predicted octanol–water partition coefficient (Wildman–Crippen LogP) is 3.64. The Hall–Kier alpha value is -2.34. The molecule has 1 unspecified atom stereocenters. The van der Waals surface area contributed by atoms with Crippen molar-refractivity contribution in [3.05, 3.63) is 62.6 Å². The molecular formula is C14H13ClN2O4. The van der Waals surface area contributed by atoms with E-state index in [9.17, 15) is 14.9 Å². The Balaban J connectivity index is 2.13. The molecule has 0 saturated heterocycles. The van der Waals surface area contributed by atoms with E-state index in [0.717, 1.165) is 5.76 Å². The molecule has 7 heteroatoms. The molecule has 6 nitrogen and oxygen atoms in total. The molecule has 0 spiro atoms. The van der Waals surface area contributed by atoms with Gasteiger partial charge in [-0.05, 0) is 38.1 Å². The second-order valence-electron chi connectivity index (χ2n) is 4.57. The number of nitro benzene ring substituents is 1. The molecule has 0 saturated carbocycles. The van der Waals surface area contributed by atoms with Gasteiger partial charge in [-0.1, -0.05) is 11.6 Å². The second kappa shape index (κ2) is 5.97. The lowest BCUT2D eigenvalue weighted by Crippen LogP contribution is -2.26. The van der Waals surface area contributed by atoms with Crippen LogP contribution in [0, 0.1) is 17.0 Å². The second-order valence-corrected chi connectivity index (χ2v) is 4.97. The number of nitro groups is 1. The molecule has 1 aromatic heterocycles. The number of carbonyl (C=O) groups is 1. The highest BCUT2D eigenvalue weighted by Crippen LogP contribution is 2.25. The molecule has 0 fully saturated rings. The van der Waals surface area contributed by atoms with Gasteiger partial charge in [-0.25, -0.2) is 0 Å². The first-order valence-corrected chi connectivity index (χ1v) is 6.57. The van der Waals surface area contributed by atoms with Crippen molar-refractivity contribution in [2.45, 2.75) is 19.9 Å². The fraction of sp³-hybridized carbons (Fsp3) is 0.214. The number of furan rings is 1. The minimum Gasteiger partial charge on any atom is -0.464 e. The molecule has 1 heterocycles. The van der Waals surface area contributed by atoms with E-state index in [2.05, 4.69) is 5.32 Å². The Bertz CT molecular complexity index is 696. The maximum Gasteiger partial charge on any atom is 0.287 e. The summed E-state index contributed by atoms with van der Waals surface area (Å²) in [6, 6.07) is 7.11. The summed E-state index contributed by atoms with van der Waals surface area (Å²) >= 11 is 5.79. The van der Waals surface area contributed by atoms with Crippen LogP contribution in [0.2, 0.25) is 5.02 Å². The van der Waals surface area contributed by atoms with Crippen molar-refractivity contribution in [3.63, 3.8) is 0 Å². The summed E-state index contributed by atoms with van der Waals surface area (Å²) in [5.41, 5.74) is 0.0173. The van der Waals surface area contributed by atoms with E-state index in [1.165, 1.54) is 18.2 Å². The van der Waals surface area contributed by atoms with E-state index >= 15 is 0 Å². The number of halogens is 1. The third-order valence-corrected chi connectivity index (χ3v) is 3.24. The van der Waals surface area contributed by atoms with Crippen LogP contribution in [0.4, 0.5) is 5.69 Å². The molecule has 0 radical (unpaired) electrons. The van der Waals surface area contributed by atoms with E-state index in [1.807, 2.05) is 6.92 Å². The maximum absolute atomic E-state index is 12.1. The lowest BCUT2D eigenvalue weighted by atomic mass is 10.1. The van der Waals surface area contributed by atoms with E-state index in [0.29, 0.717) is 5.76 Å². The molecule has 1 atom stereocenters. The van der Waals surface area contributed by atoms with Gasteiger partial charge in [-0.3, -0.25) is 14.9 Å². The topological polar surface area (TPSA) is 85.4 Å². The normalized spacial score (nSPS) is 12.0. The van der Waals surface area contributed by atoms with E-state index in [4.69, 9.17) is 16.0 Å². The Labute approximate surface area is 125 Å². The third-order valence-electron chi connectivity index (χ3n) is 2.94. The highest BCUT2D eigenvalue weighted by atomic mass is 35.5. The van der Waals surface area contributed by atoms with Crippen molar-refractivity contribution in [1.29, 1.82) is 0 Å². The average Bonchev–Trinajstić information content (AvgIpc) is 2.84. The fourth-order valence-corrected chi connectivity index (χ4v) is 2.08. The van der Waals surface area contributed by atoms with Gasteiger partial charge < -0.3 is 9.73 Å². The van der Waals surface area contributed by atoms with Gasteiger partial charge in [0.15, 0.2) is 0 Å². The van der Waals surface area contributed by atoms with E-state index < -0.39 is 4.92 Å². The molecule has 0 bridgehead atoms. The van der Waals surface area contributed by atoms with Gasteiger partial charge >= 0.3 is 0 Å². The van der Waals surface area contributed by atoms with Crippen LogP contribution in [-0.4, -0.2) is 10.8 Å². The number of rotatable bonds is 4. The van der Waals surface area contributed by atoms with Crippen LogP contribution in [0.1, 0.15) is 34.8 Å². The monoisotopic (exact) mass is 308 g/mol. The highest BCUT2D eigenvalue weighted by molar-refractivity contribution is 6.33. The van der Waals surface area contributed by atoms with E-state index in [1.54, 1.807) is 19.1 Å². The first kappa shape index (κ1) is 15.1. The molecule has 21 heavy (non-hydrogen) atoms. The zero-order valence-electron chi connectivity index (χ0n) is 11.4. The van der Waals surface area contributed by atoms with Gasteiger partial charge in [0.25, 0.3) is 11.6 Å². The number of nitrogens with zero attached hydrogens (tertiary/aromatic N) is 1. The Morgan fingerprint density at radius 2 is 2.10 bits per heavy atom. The molecule has 0 aliphatic rings. The largest absolute Gasteiger partial charge is 0.464 e. The predicted molar refractivity (Wildman–Crippen MR) is 77.4 cm³/mol. The quantitative estimate of drug-likeness (QED) is 0.690. The third kappa shape index (κ3) is 3.41. The van der Waals surface area contributed by atoms with Crippen molar-refractivity contribution < 1.29 is 14.1 Å². The van der Waals surface area contributed by atoms with Crippen LogP contribution < -0.4 is 5.32 Å². The number of nitrogens with one attached hydrogen (secondary N) is 1. The molecular weight excluding hydrogens is 296 g/mol. The molecule has 1 amide bonds. The summed E-state index contributed by atoms with van der Waals surface area (Å²) < 4.78 is 5.43. The van der Waals surface area contributed by atoms with Gasteiger partial charge in [-0.15, -0.1) is 0 Å². The number of hydrogen-bond donors (Lipinski definition) is 1. The summed E-state index contributed by atoms with van der Waals surface area (Å²) in [5, 5.41) is 13.3. The molecule has 0 aliphatic carbocycles.